The van der Waals surface area contributed by atoms with E-state index in [-0.39, 0.29) is 28.5 Å². The number of nitro benzene ring substituents is 1. The lowest BCUT2D eigenvalue weighted by Gasteiger charge is -2.35. The largest absolute Gasteiger partial charge is 0.323 e. The lowest BCUT2D eigenvalue weighted by atomic mass is 9.93. The predicted octanol–water partition coefficient (Wildman–Crippen LogP) is 3.22. The fourth-order valence-corrected chi connectivity index (χ4v) is 3.50. The van der Waals surface area contributed by atoms with Gasteiger partial charge in [0.1, 0.15) is 0 Å². The minimum absolute atomic E-state index is 0.0245. The van der Waals surface area contributed by atoms with Crippen LogP contribution in [0.3, 0.4) is 0 Å². The number of carbonyl (C=O) groups is 1. The normalized spacial score (nSPS) is 16.8. The summed E-state index contributed by atoms with van der Waals surface area (Å²) in [7, 11) is 0. The zero-order valence-electron chi connectivity index (χ0n) is 15.7. The Hall–Kier alpha value is -2.74. The van der Waals surface area contributed by atoms with E-state index in [4.69, 9.17) is 0 Å². The van der Waals surface area contributed by atoms with E-state index in [0.29, 0.717) is 0 Å². The van der Waals surface area contributed by atoms with Crippen molar-refractivity contribution in [3.8, 4) is 0 Å². The third kappa shape index (κ3) is 4.51. The molecule has 1 aromatic carbocycles. The number of rotatable bonds is 6. The van der Waals surface area contributed by atoms with Crippen molar-refractivity contribution in [3.05, 3.63) is 52.3 Å². The van der Waals surface area contributed by atoms with Gasteiger partial charge in [0.25, 0.3) is 5.69 Å². The van der Waals surface area contributed by atoms with Gasteiger partial charge in [0, 0.05) is 36.8 Å². The number of aryl methyl sites for hydroxylation is 1. The molecule has 1 unspecified atom stereocenters. The van der Waals surface area contributed by atoms with Crippen LogP contribution in [0.4, 0.5) is 11.4 Å². The molecule has 1 aromatic heterocycles. The van der Waals surface area contributed by atoms with Crippen LogP contribution < -0.4 is 5.32 Å². The van der Waals surface area contributed by atoms with Gasteiger partial charge in [-0.2, -0.15) is 5.10 Å². The highest BCUT2D eigenvalue weighted by atomic mass is 16.6. The maximum Gasteiger partial charge on any atom is 0.269 e. The van der Waals surface area contributed by atoms with Crippen molar-refractivity contribution in [1.29, 1.82) is 0 Å². The Kier molecular flexibility index (Phi) is 5.85. The topological polar surface area (TPSA) is 93.3 Å². The number of benzene rings is 1. The summed E-state index contributed by atoms with van der Waals surface area (Å²) in [5, 5.41) is 18.1. The quantitative estimate of drug-likeness (QED) is 0.621. The Balaban J connectivity index is 1.55. The zero-order valence-corrected chi connectivity index (χ0v) is 15.7. The van der Waals surface area contributed by atoms with E-state index in [1.165, 1.54) is 6.07 Å². The van der Waals surface area contributed by atoms with Crippen LogP contribution in [-0.4, -0.2) is 38.6 Å². The molecule has 8 heteroatoms. The number of carbonyl (C=O) groups excluding carboxylic acids is 1. The van der Waals surface area contributed by atoms with Crippen LogP contribution in [0.25, 0.3) is 0 Å². The SMILES string of the molecule is CCn1cc(NC(=O)C2CCN(C(C)c3cccc([N+](=O)[O-])c3)CC2)cn1. The number of hydrogen-bond acceptors (Lipinski definition) is 5. The van der Waals surface area contributed by atoms with E-state index in [2.05, 4.69) is 22.2 Å². The van der Waals surface area contributed by atoms with Crippen LogP contribution in [0, 0.1) is 16.0 Å². The highest BCUT2D eigenvalue weighted by Gasteiger charge is 2.28. The van der Waals surface area contributed by atoms with Crippen molar-refractivity contribution < 1.29 is 9.72 Å². The number of likely N-dealkylation sites (tertiary alicyclic amines) is 1. The molecule has 0 bridgehead atoms. The molecule has 2 aromatic rings. The molecule has 0 radical (unpaired) electrons. The number of non-ortho nitro benzene ring substituents is 1. The van der Waals surface area contributed by atoms with Crippen molar-refractivity contribution in [2.75, 3.05) is 18.4 Å². The van der Waals surface area contributed by atoms with Crippen LogP contribution in [-0.2, 0) is 11.3 Å². The number of nitro groups is 1. The first-order valence-electron chi connectivity index (χ1n) is 9.29. The molecule has 1 fully saturated rings. The number of anilines is 1. The van der Waals surface area contributed by atoms with E-state index in [9.17, 15) is 14.9 Å². The van der Waals surface area contributed by atoms with Gasteiger partial charge in [0.15, 0.2) is 0 Å². The molecule has 2 heterocycles. The van der Waals surface area contributed by atoms with E-state index in [1.54, 1.807) is 23.0 Å². The fourth-order valence-electron chi connectivity index (χ4n) is 3.50. The molecule has 1 aliphatic heterocycles. The van der Waals surface area contributed by atoms with E-state index >= 15 is 0 Å². The molecular formula is C19H25N5O3. The molecule has 1 amide bonds. The second-order valence-electron chi connectivity index (χ2n) is 6.91. The molecule has 1 atom stereocenters. The maximum atomic E-state index is 12.5. The van der Waals surface area contributed by atoms with Crippen molar-refractivity contribution in [3.63, 3.8) is 0 Å². The highest BCUT2D eigenvalue weighted by molar-refractivity contribution is 5.92. The molecule has 0 spiro atoms. The fraction of sp³-hybridized carbons (Fsp3) is 0.474. The van der Waals surface area contributed by atoms with Crippen LogP contribution in [0.5, 0.6) is 0 Å². The van der Waals surface area contributed by atoms with Gasteiger partial charge >= 0.3 is 0 Å². The third-order valence-corrected chi connectivity index (χ3v) is 5.24. The van der Waals surface area contributed by atoms with Gasteiger partial charge in [0.2, 0.25) is 5.91 Å². The second-order valence-corrected chi connectivity index (χ2v) is 6.91. The summed E-state index contributed by atoms with van der Waals surface area (Å²) in [6.07, 6.45) is 5.04. The number of amides is 1. The van der Waals surface area contributed by atoms with E-state index in [1.807, 2.05) is 19.2 Å². The summed E-state index contributed by atoms with van der Waals surface area (Å²) in [6, 6.07) is 6.86. The lowest BCUT2D eigenvalue weighted by molar-refractivity contribution is -0.385. The lowest BCUT2D eigenvalue weighted by Crippen LogP contribution is -2.39. The molecule has 1 aliphatic rings. The van der Waals surface area contributed by atoms with Crippen molar-refractivity contribution in [1.82, 2.24) is 14.7 Å². The molecule has 27 heavy (non-hydrogen) atoms. The molecule has 8 nitrogen and oxygen atoms in total. The van der Waals surface area contributed by atoms with Gasteiger partial charge in [-0.05, 0) is 45.3 Å². The smallest absolute Gasteiger partial charge is 0.269 e. The van der Waals surface area contributed by atoms with Crippen molar-refractivity contribution >= 4 is 17.3 Å². The summed E-state index contributed by atoms with van der Waals surface area (Å²) in [5.41, 5.74) is 1.77. The monoisotopic (exact) mass is 371 g/mol. The zero-order chi connectivity index (χ0) is 19.4. The first-order chi connectivity index (χ1) is 13.0. The summed E-state index contributed by atoms with van der Waals surface area (Å²) < 4.78 is 1.78. The average molecular weight is 371 g/mol. The molecule has 3 rings (SSSR count). The highest BCUT2D eigenvalue weighted by Crippen LogP contribution is 2.29. The number of nitrogens with zero attached hydrogens (tertiary/aromatic N) is 4. The van der Waals surface area contributed by atoms with Crippen LogP contribution in [0.15, 0.2) is 36.7 Å². The average Bonchev–Trinajstić information content (AvgIpc) is 3.15. The number of aromatic nitrogens is 2. The van der Waals surface area contributed by atoms with Gasteiger partial charge in [-0.1, -0.05) is 12.1 Å². The summed E-state index contributed by atoms with van der Waals surface area (Å²) in [4.78, 5) is 25.4. The summed E-state index contributed by atoms with van der Waals surface area (Å²) >= 11 is 0. The molecular weight excluding hydrogens is 346 g/mol. The number of hydrogen-bond donors (Lipinski definition) is 1. The van der Waals surface area contributed by atoms with Crippen LogP contribution >= 0.6 is 0 Å². The molecule has 1 N–H and O–H groups in total. The van der Waals surface area contributed by atoms with Crippen molar-refractivity contribution in [2.24, 2.45) is 5.92 Å². The Morgan fingerprint density at radius 3 is 2.78 bits per heavy atom. The predicted molar refractivity (Wildman–Crippen MR) is 102 cm³/mol. The summed E-state index contributed by atoms with van der Waals surface area (Å²) in [6.45, 7) is 6.39. The molecule has 0 saturated carbocycles. The first-order valence-corrected chi connectivity index (χ1v) is 9.29. The molecule has 144 valence electrons. The van der Waals surface area contributed by atoms with Crippen LogP contribution in [0.2, 0.25) is 0 Å². The standard InChI is InChI=1S/C19H25N5O3/c1-3-23-13-17(12-20-23)21-19(25)15-7-9-22(10-8-15)14(2)16-5-4-6-18(11-16)24(26)27/h4-6,11-15H,3,7-10H2,1-2H3,(H,21,25). The Morgan fingerprint density at radius 1 is 1.41 bits per heavy atom. The van der Waals surface area contributed by atoms with Gasteiger partial charge in [0.05, 0.1) is 16.8 Å². The second kappa shape index (κ2) is 8.30. The Labute approximate surface area is 158 Å². The minimum Gasteiger partial charge on any atom is -0.323 e. The number of piperidine rings is 1. The summed E-state index contributed by atoms with van der Waals surface area (Å²) in [5.74, 6) is 0.0110. The molecule has 0 aliphatic carbocycles. The van der Waals surface area contributed by atoms with E-state index < -0.39 is 0 Å². The first kappa shape index (κ1) is 19.0. The van der Waals surface area contributed by atoms with Gasteiger partial charge < -0.3 is 5.32 Å². The van der Waals surface area contributed by atoms with Gasteiger partial charge in [-0.15, -0.1) is 0 Å². The minimum atomic E-state index is -0.368. The maximum absolute atomic E-state index is 12.5. The van der Waals surface area contributed by atoms with E-state index in [0.717, 1.165) is 43.7 Å². The number of nitrogens with one attached hydrogen (secondary N) is 1. The van der Waals surface area contributed by atoms with Gasteiger partial charge in [-0.25, -0.2) is 0 Å². The third-order valence-electron chi connectivity index (χ3n) is 5.24. The molecule has 1 saturated heterocycles. The van der Waals surface area contributed by atoms with Gasteiger partial charge in [-0.3, -0.25) is 24.5 Å². The Morgan fingerprint density at radius 2 is 2.15 bits per heavy atom. The Bertz CT molecular complexity index is 811. The van der Waals surface area contributed by atoms with Crippen LogP contribution in [0.1, 0.15) is 38.3 Å². The van der Waals surface area contributed by atoms with Crippen molar-refractivity contribution in [2.45, 2.75) is 39.3 Å².